The number of aliphatic hydroxyl groups is 1. The van der Waals surface area contributed by atoms with Gasteiger partial charge in [-0.1, -0.05) is 13.3 Å². The van der Waals surface area contributed by atoms with Crippen molar-refractivity contribution in [1.82, 2.24) is 5.32 Å². The number of aliphatic carboxylic acids is 1. The van der Waals surface area contributed by atoms with E-state index in [0.717, 1.165) is 18.6 Å². The molecular weight excluding hydrogens is 230 g/mol. The first-order chi connectivity index (χ1) is 7.57. The number of carbonyl (C=O) groups excluding carboxylic acids is 1. The Labute approximate surface area is 99.6 Å². The fraction of sp³-hybridized carbons (Fsp3) is 0.800. The lowest BCUT2D eigenvalue weighted by molar-refractivity contribution is -0.147. The van der Waals surface area contributed by atoms with Crippen molar-refractivity contribution >= 4 is 23.6 Å². The third kappa shape index (κ3) is 8.55. The van der Waals surface area contributed by atoms with Gasteiger partial charge in [0, 0.05) is 13.0 Å². The number of hydrogen-bond acceptors (Lipinski definition) is 4. The van der Waals surface area contributed by atoms with Crippen LogP contribution in [0.1, 0.15) is 26.2 Å². The second-order valence-electron chi connectivity index (χ2n) is 3.40. The molecule has 0 bridgehead atoms. The van der Waals surface area contributed by atoms with Crippen LogP contribution in [0.25, 0.3) is 0 Å². The number of thioether (sulfide) groups is 1. The molecule has 3 N–H and O–H groups in total. The molecule has 0 spiro atoms. The minimum absolute atomic E-state index is 0.0424. The molecule has 0 rings (SSSR count). The van der Waals surface area contributed by atoms with Crippen LogP contribution >= 0.6 is 11.8 Å². The van der Waals surface area contributed by atoms with Gasteiger partial charge in [-0.05, 0) is 12.2 Å². The van der Waals surface area contributed by atoms with E-state index in [9.17, 15) is 9.59 Å². The van der Waals surface area contributed by atoms with Gasteiger partial charge in [-0.3, -0.25) is 4.79 Å². The van der Waals surface area contributed by atoms with Crippen LogP contribution in [0, 0.1) is 0 Å². The fourth-order valence-electron chi connectivity index (χ4n) is 0.934. The Morgan fingerprint density at radius 1 is 1.44 bits per heavy atom. The highest BCUT2D eigenvalue weighted by atomic mass is 32.2. The molecule has 0 radical (unpaired) electrons. The third-order valence-electron chi connectivity index (χ3n) is 1.90. The summed E-state index contributed by atoms with van der Waals surface area (Å²) in [5, 5.41) is 19.9. The Kier molecular flexibility index (Phi) is 9.03. The second-order valence-corrected chi connectivity index (χ2v) is 4.50. The van der Waals surface area contributed by atoms with Crippen LogP contribution in [0.15, 0.2) is 0 Å². The summed E-state index contributed by atoms with van der Waals surface area (Å²) in [5.74, 6) is -0.0181. The van der Waals surface area contributed by atoms with Crippen molar-refractivity contribution in [3.05, 3.63) is 0 Å². The quantitative estimate of drug-likeness (QED) is 0.517. The van der Waals surface area contributed by atoms with E-state index in [-0.39, 0.29) is 18.9 Å². The number of amides is 1. The topological polar surface area (TPSA) is 86.6 Å². The van der Waals surface area contributed by atoms with Gasteiger partial charge in [-0.25, -0.2) is 4.79 Å². The minimum Gasteiger partial charge on any atom is -0.479 e. The molecule has 16 heavy (non-hydrogen) atoms. The Bertz CT molecular complexity index is 223. The highest BCUT2D eigenvalue weighted by Gasteiger charge is 2.12. The van der Waals surface area contributed by atoms with Gasteiger partial charge < -0.3 is 15.5 Å². The summed E-state index contributed by atoms with van der Waals surface area (Å²) >= 11 is 1.56. The number of carboxylic acid groups (broad SMARTS) is 1. The maximum Gasteiger partial charge on any atom is 0.332 e. The van der Waals surface area contributed by atoms with E-state index in [1.165, 1.54) is 0 Å². The van der Waals surface area contributed by atoms with Gasteiger partial charge in [-0.2, -0.15) is 11.8 Å². The monoisotopic (exact) mass is 249 g/mol. The Hall–Kier alpha value is -0.750. The predicted octanol–water partition coefficient (Wildman–Crippen LogP) is 0.471. The summed E-state index contributed by atoms with van der Waals surface area (Å²) in [6, 6.07) is 0. The predicted molar refractivity (Wildman–Crippen MR) is 63.5 cm³/mol. The molecule has 0 aliphatic carbocycles. The SMILES string of the molecule is CCCCSCC(=O)NCC[C@H](O)C(=O)O. The first kappa shape index (κ1) is 15.2. The Morgan fingerprint density at radius 2 is 2.12 bits per heavy atom. The molecule has 0 aliphatic heterocycles. The molecule has 1 amide bonds. The normalized spacial score (nSPS) is 12.1. The molecule has 6 heteroatoms. The summed E-state index contributed by atoms with van der Waals surface area (Å²) in [5.41, 5.74) is 0. The first-order valence-electron chi connectivity index (χ1n) is 5.33. The van der Waals surface area contributed by atoms with E-state index in [0.29, 0.717) is 5.75 Å². The average molecular weight is 249 g/mol. The van der Waals surface area contributed by atoms with Crippen molar-refractivity contribution in [3.63, 3.8) is 0 Å². The van der Waals surface area contributed by atoms with E-state index in [1.54, 1.807) is 11.8 Å². The maximum atomic E-state index is 11.2. The molecule has 0 saturated carbocycles. The molecule has 0 saturated heterocycles. The molecule has 0 heterocycles. The molecule has 5 nitrogen and oxygen atoms in total. The van der Waals surface area contributed by atoms with E-state index >= 15 is 0 Å². The number of hydrogen-bond donors (Lipinski definition) is 3. The van der Waals surface area contributed by atoms with Crippen LogP contribution in [0.2, 0.25) is 0 Å². The van der Waals surface area contributed by atoms with Gasteiger partial charge in [0.25, 0.3) is 0 Å². The van der Waals surface area contributed by atoms with Gasteiger partial charge >= 0.3 is 5.97 Å². The van der Waals surface area contributed by atoms with Crippen LogP contribution in [-0.4, -0.2) is 46.2 Å². The molecule has 0 unspecified atom stereocenters. The standard InChI is InChI=1S/C10H19NO4S/c1-2-3-6-16-7-9(13)11-5-4-8(12)10(14)15/h8,12H,2-7H2,1H3,(H,11,13)(H,14,15)/t8-/m0/s1. The van der Waals surface area contributed by atoms with Crippen LogP contribution in [0.3, 0.4) is 0 Å². The highest BCUT2D eigenvalue weighted by molar-refractivity contribution is 7.99. The minimum atomic E-state index is -1.40. The molecule has 0 aromatic carbocycles. The average Bonchev–Trinajstić information content (AvgIpc) is 2.24. The summed E-state index contributed by atoms with van der Waals surface area (Å²) in [6.07, 6.45) is 0.851. The van der Waals surface area contributed by atoms with Crippen LogP contribution in [0.4, 0.5) is 0 Å². The lowest BCUT2D eigenvalue weighted by atomic mass is 10.2. The van der Waals surface area contributed by atoms with Crippen molar-refractivity contribution in [1.29, 1.82) is 0 Å². The lowest BCUT2D eigenvalue weighted by Gasteiger charge is -2.07. The van der Waals surface area contributed by atoms with Gasteiger partial charge in [-0.15, -0.1) is 0 Å². The number of unbranched alkanes of at least 4 members (excludes halogenated alkanes) is 1. The van der Waals surface area contributed by atoms with Crippen LogP contribution < -0.4 is 5.32 Å². The molecular formula is C10H19NO4S. The van der Waals surface area contributed by atoms with Crippen LogP contribution in [-0.2, 0) is 9.59 Å². The molecule has 94 valence electrons. The summed E-state index contributed by atoms with van der Waals surface area (Å²) in [4.78, 5) is 21.4. The zero-order valence-electron chi connectivity index (χ0n) is 9.44. The maximum absolute atomic E-state index is 11.2. The van der Waals surface area contributed by atoms with Gasteiger partial charge in [0.15, 0.2) is 6.10 Å². The molecule has 0 aliphatic rings. The van der Waals surface area contributed by atoms with Gasteiger partial charge in [0.2, 0.25) is 5.91 Å². The molecule has 0 fully saturated rings. The Balaban J connectivity index is 3.40. The number of rotatable bonds is 9. The molecule has 1 atom stereocenters. The number of aliphatic hydroxyl groups excluding tert-OH is 1. The smallest absolute Gasteiger partial charge is 0.332 e. The number of carboxylic acids is 1. The van der Waals surface area contributed by atoms with E-state index in [2.05, 4.69) is 12.2 Å². The van der Waals surface area contributed by atoms with Gasteiger partial charge in [0.1, 0.15) is 0 Å². The zero-order valence-corrected chi connectivity index (χ0v) is 10.3. The zero-order chi connectivity index (χ0) is 12.4. The number of nitrogens with one attached hydrogen (secondary N) is 1. The van der Waals surface area contributed by atoms with Crippen LogP contribution in [0.5, 0.6) is 0 Å². The van der Waals surface area contributed by atoms with Crippen molar-refractivity contribution in [2.75, 3.05) is 18.1 Å². The van der Waals surface area contributed by atoms with Crippen molar-refractivity contribution in [2.45, 2.75) is 32.3 Å². The third-order valence-corrected chi connectivity index (χ3v) is 2.94. The summed E-state index contributed by atoms with van der Waals surface area (Å²) in [6.45, 7) is 2.29. The van der Waals surface area contributed by atoms with Gasteiger partial charge in [0.05, 0.1) is 5.75 Å². The van der Waals surface area contributed by atoms with Crippen molar-refractivity contribution in [2.24, 2.45) is 0 Å². The highest BCUT2D eigenvalue weighted by Crippen LogP contribution is 2.03. The van der Waals surface area contributed by atoms with E-state index in [1.807, 2.05) is 0 Å². The number of carbonyl (C=O) groups is 2. The summed E-state index contributed by atoms with van der Waals surface area (Å²) in [7, 11) is 0. The van der Waals surface area contributed by atoms with E-state index < -0.39 is 12.1 Å². The Morgan fingerprint density at radius 3 is 2.69 bits per heavy atom. The molecule has 0 aromatic heterocycles. The fourth-order valence-corrected chi connectivity index (χ4v) is 1.86. The molecule has 0 aromatic rings. The largest absolute Gasteiger partial charge is 0.479 e. The van der Waals surface area contributed by atoms with Crippen molar-refractivity contribution < 1.29 is 19.8 Å². The summed E-state index contributed by atoms with van der Waals surface area (Å²) < 4.78 is 0. The second kappa shape index (κ2) is 9.47. The first-order valence-corrected chi connectivity index (χ1v) is 6.48. The van der Waals surface area contributed by atoms with Crippen molar-refractivity contribution in [3.8, 4) is 0 Å². The lowest BCUT2D eigenvalue weighted by Crippen LogP contribution is -2.31. The van der Waals surface area contributed by atoms with E-state index in [4.69, 9.17) is 10.2 Å².